The number of hydrogen-bond donors (Lipinski definition) is 1. The molecule has 2 aromatic rings. The van der Waals surface area contributed by atoms with E-state index in [9.17, 15) is 4.79 Å². The fourth-order valence-corrected chi connectivity index (χ4v) is 1.78. The number of unbranched alkanes of at least 4 members (excludes halogenated alkanes) is 1. The minimum absolute atomic E-state index is 0.186. The lowest BCUT2D eigenvalue weighted by molar-refractivity contribution is -0.137. The monoisotopic (exact) mass is 260 g/mol. The molecule has 0 spiro atoms. The van der Waals surface area contributed by atoms with Gasteiger partial charge in [-0.2, -0.15) is 0 Å². The average molecular weight is 260 g/mol. The summed E-state index contributed by atoms with van der Waals surface area (Å²) in [6.07, 6.45) is 2.83. The molecule has 0 atom stereocenters. The van der Waals surface area contributed by atoms with E-state index in [0.717, 1.165) is 12.0 Å². The summed E-state index contributed by atoms with van der Waals surface area (Å²) < 4.78 is 5.52. The minimum Gasteiger partial charge on any atom is -0.481 e. The first-order valence-corrected chi connectivity index (χ1v) is 6.31. The lowest BCUT2D eigenvalue weighted by Gasteiger charge is -1.96. The molecule has 2 rings (SSSR count). The highest BCUT2D eigenvalue weighted by atomic mass is 16.4. The number of carbonyl (C=O) groups is 1. The standard InChI is InChI=1S/C14H16N2O3/c17-14(18)9-5-4-8-12-15-16-13(19-12)10-11-6-2-1-3-7-11/h1-3,6-7H,4-5,8-10H2,(H,17,18). The number of aromatic nitrogens is 2. The van der Waals surface area contributed by atoms with Crippen LogP contribution in [-0.4, -0.2) is 21.3 Å². The number of carboxylic acid groups (broad SMARTS) is 1. The van der Waals surface area contributed by atoms with Crippen molar-refractivity contribution < 1.29 is 14.3 Å². The molecule has 5 heteroatoms. The topological polar surface area (TPSA) is 76.2 Å². The summed E-state index contributed by atoms with van der Waals surface area (Å²) in [5.41, 5.74) is 1.13. The number of rotatable bonds is 7. The largest absolute Gasteiger partial charge is 0.481 e. The van der Waals surface area contributed by atoms with E-state index in [1.165, 1.54) is 0 Å². The van der Waals surface area contributed by atoms with E-state index in [4.69, 9.17) is 9.52 Å². The van der Waals surface area contributed by atoms with Crippen LogP contribution in [0.2, 0.25) is 0 Å². The Morgan fingerprint density at radius 1 is 1.11 bits per heavy atom. The Morgan fingerprint density at radius 2 is 1.84 bits per heavy atom. The van der Waals surface area contributed by atoms with E-state index >= 15 is 0 Å². The molecule has 0 fully saturated rings. The van der Waals surface area contributed by atoms with E-state index < -0.39 is 5.97 Å². The molecule has 0 amide bonds. The Morgan fingerprint density at radius 3 is 2.58 bits per heavy atom. The zero-order chi connectivity index (χ0) is 13.5. The molecule has 1 aromatic heterocycles. The van der Waals surface area contributed by atoms with Crippen molar-refractivity contribution in [1.29, 1.82) is 0 Å². The summed E-state index contributed by atoms with van der Waals surface area (Å²) in [5.74, 6) is 0.408. The second kappa shape index (κ2) is 6.68. The summed E-state index contributed by atoms with van der Waals surface area (Å²) in [6.45, 7) is 0. The first-order valence-electron chi connectivity index (χ1n) is 6.31. The Bertz CT molecular complexity index is 522. The molecule has 5 nitrogen and oxygen atoms in total. The first-order chi connectivity index (χ1) is 9.24. The van der Waals surface area contributed by atoms with Crippen molar-refractivity contribution in [3.63, 3.8) is 0 Å². The molecular formula is C14H16N2O3. The molecule has 1 heterocycles. The maximum Gasteiger partial charge on any atom is 0.303 e. The number of aliphatic carboxylic acids is 1. The van der Waals surface area contributed by atoms with Gasteiger partial charge in [-0.05, 0) is 18.4 Å². The van der Waals surface area contributed by atoms with Crippen LogP contribution in [0.4, 0.5) is 0 Å². The molecule has 1 N–H and O–H groups in total. The fraction of sp³-hybridized carbons (Fsp3) is 0.357. The number of carboxylic acids is 1. The first kappa shape index (κ1) is 13.3. The van der Waals surface area contributed by atoms with Gasteiger partial charge in [-0.3, -0.25) is 4.79 Å². The third-order valence-corrected chi connectivity index (χ3v) is 2.74. The van der Waals surface area contributed by atoms with Crippen molar-refractivity contribution in [2.45, 2.75) is 32.1 Å². The smallest absolute Gasteiger partial charge is 0.303 e. The van der Waals surface area contributed by atoms with E-state index in [1.807, 2.05) is 30.3 Å². The van der Waals surface area contributed by atoms with Gasteiger partial charge < -0.3 is 9.52 Å². The molecule has 0 aliphatic rings. The molecule has 19 heavy (non-hydrogen) atoms. The van der Waals surface area contributed by atoms with Crippen molar-refractivity contribution in [1.82, 2.24) is 10.2 Å². The van der Waals surface area contributed by atoms with Gasteiger partial charge in [0, 0.05) is 12.8 Å². The summed E-state index contributed by atoms with van der Waals surface area (Å²) >= 11 is 0. The van der Waals surface area contributed by atoms with Crippen LogP contribution in [0.3, 0.4) is 0 Å². The maximum absolute atomic E-state index is 10.4. The Hall–Kier alpha value is -2.17. The van der Waals surface area contributed by atoms with E-state index in [0.29, 0.717) is 31.0 Å². The van der Waals surface area contributed by atoms with Gasteiger partial charge in [-0.25, -0.2) is 0 Å². The zero-order valence-corrected chi connectivity index (χ0v) is 10.6. The second-order valence-electron chi connectivity index (χ2n) is 4.35. The van der Waals surface area contributed by atoms with Crippen molar-refractivity contribution in [2.75, 3.05) is 0 Å². The third kappa shape index (κ3) is 4.54. The molecule has 100 valence electrons. The number of benzene rings is 1. The number of aryl methyl sites for hydroxylation is 1. The quantitative estimate of drug-likeness (QED) is 0.774. The molecule has 0 unspecified atom stereocenters. The molecule has 0 aliphatic heterocycles. The summed E-state index contributed by atoms with van der Waals surface area (Å²) in [7, 11) is 0. The SMILES string of the molecule is O=C(O)CCCCc1nnc(Cc2ccccc2)o1. The van der Waals surface area contributed by atoms with Gasteiger partial charge in [0.05, 0.1) is 6.42 Å². The second-order valence-corrected chi connectivity index (χ2v) is 4.35. The van der Waals surface area contributed by atoms with Gasteiger partial charge >= 0.3 is 5.97 Å². The van der Waals surface area contributed by atoms with E-state index in [-0.39, 0.29) is 6.42 Å². The van der Waals surface area contributed by atoms with E-state index in [1.54, 1.807) is 0 Å². The normalized spacial score (nSPS) is 10.5. The molecule has 0 aliphatic carbocycles. The van der Waals surface area contributed by atoms with Crippen LogP contribution in [0.1, 0.15) is 36.6 Å². The highest BCUT2D eigenvalue weighted by Gasteiger charge is 2.07. The molecule has 1 aromatic carbocycles. The van der Waals surface area contributed by atoms with Crippen molar-refractivity contribution in [3.05, 3.63) is 47.7 Å². The fourth-order valence-electron chi connectivity index (χ4n) is 1.78. The van der Waals surface area contributed by atoms with Gasteiger partial charge in [0.25, 0.3) is 0 Å². The Labute approximate surface area is 111 Å². The van der Waals surface area contributed by atoms with Crippen LogP contribution in [0.5, 0.6) is 0 Å². The van der Waals surface area contributed by atoms with Gasteiger partial charge in [-0.15, -0.1) is 10.2 Å². The highest BCUT2D eigenvalue weighted by molar-refractivity contribution is 5.66. The predicted molar refractivity (Wildman–Crippen MR) is 68.7 cm³/mol. The summed E-state index contributed by atoms with van der Waals surface area (Å²) in [6, 6.07) is 9.93. The van der Waals surface area contributed by atoms with Crippen LogP contribution in [0.25, 0.3) is 0 Å². The lowest BCUT2D eigenvalue weighted by atomic mass is 10.1. The third-order valence-electron chi connectivity index (χ3n) is 2.74. The maximum atomic E-state index is 10.4. The van der Waals surface area contributed by atoms with Gasteiger partial charge in [0.2, 0.25) is 11.8 Å². The zero-order valence-electron chi connectivity index (χ0n) is 10.6. The van der Waals surface area contributed by atoms with Crippen LogP contribution in [0.15, 0.2) is 34.7 Å². The molecule has 0 saturated carbocycles. The van der Waals surface area contributed by atoms with Crippen LogP contribution >= 0.6 is 0 Å². The Kier molecular flexibility index (Phi) is 4.66. The van der Waals surface area contributed by atoms with Gasteiger partial charge in [0.1, 0.15) is 0 Å². The molecule has 0 bridgehead atoms. The average Bonchev–Trinajstić information content (AvgIpc) is 2.83. The minimum atomic E-state index is -0.768. The summed E-state index contributed by atoms with van der Waals surface area (Å²) in [5, 5.41) is 16.5. The summed E-state index contributed by atoms with van der Waals surface area (Å²) in [4.78, 5) is 10.4. The number of hydrogen-bond acceptors (Lipinski definition) is 4. The van der Waals surface area contributed by atoms with Crippen LogP contribution in [0, 0.1) is 0 Å². The van der Waals surface area contributed by atoms with Crippen molar-refractivity contribution >= 4 is 5.97 Å². The highest BCUT2D eigenvalue weighted by Crippen LogP contribution is 2.10. The van der Waals surface area contributed by atoms with Gasteiger partial charge in [0.15, 0.2) is 0 Å². The Balaban J connectivity index is 1.80. The van der Waals surface area contributed by atoms with Crippen LogP contribution < -0.4 is 0 Å². The van der Waals surface area contributed by atoms with E-state index in [2.05, 4.69) is 10.2 Å². The number of nitrogens with zero attached hydrogens (tertiary/aromatic N) is 2. The molecule has 0 saturated heterocycles. The predicted octanol–water partition coefficient (Wildman–Crippen LogP) is 2.46. The molecule has 0 radical (unpaired) electrons. The van der Waals surface area contributed by atoms with Gasteiger partial charge in [-0.1, -0.05) is 30.3 Å². The van der Waals surface area contributed by atoms with Crippen LogP contribution in [-0.2, 0) is 17.6 Å². The van der Waals surface area contributed by atoms with Crippen molar-refractivity contribution in [2.24, 2.45) is 0 Å². The van der Waals surface area contributed by atoms with Crippen molar-refractivity contribution in [3.8, 4) is 0 Å². The molecular weight excluding hydrogens is 244 g/mol. The lowest BCUT2D eigenvalue weighted by Crippen LogP contribution is -1.95.